The van der Waals surface area contributed by atoms with Crippen molar-refractivity contribution in [2.75, 3.05) is 19.6 Å². The first-order valence-electron chi connectivity index (χ1n) is 10.3. The van der Waals surface area contributed by atoms with Crippen LogP contribution in [0.4, 0.5) is 0 Å². The largest absolute Gasteiger partial charge is 0.487 e. The molecular weight excluding hydrogens is 374 g/mol. The van der Waals surface area contributed by atoms with Crippen LogP contribution < -0.4 is 4.74 Å². The van der Waals surface area contributed by atoms with Crippen molar-refractivity contribution in [3.8, 4) is 29.2 Å². The van der Waals surface area contributed by atoms with E-state index in [1.165, 1.54) is 0 Å². The first-order chi connectivity index (χ1) is 14.8. The van der Waals surface area contributed by atoms with Crippen molar-refractivity contribution in [3.05, 3.63) is 48.7 Å². The number of nitrogens with zero attached hydrogens (tertiary/aromatic N) is 4. The molecule has 30 heavy (non-hydrogen) atoms. The molecular formula is C24H23N5O. The second kappa shape index (κ2) is 7.77. The van der Waals surface area contributed by atoms with Gasteiger partial charge in [-0.15, -0.1) is 6.42 Å². The van der Waals surface area contributed by atoms with Gasteiger partial charge in [0.1, 0.15) is 11.8 Å². The molecule has 1 aliphatic rings. The first-order valence-corrected chi connectivity index (χ1v) is 10.3. The summed E-state index contributed by atoms with van der Waals surface area (Å²) in [6, 6.07) is 6.08. The van der Waals surface area contributed by atoms with Crippen LogP contribution in [0.15, 0.2) is 43.0 Å². The van der Waals surface area contributed by atoms with Gasteiger partial charge in [0.2, 0.25) is 0 Å². The summed E-state index contributed by atoms with van der Waals surface area (Å²) in [7, 11) is 0. The van der Waals surface area contributed by atoms with E-state index in [9.17, 15) is 0 Å². The smallest absolute Gasteiger partial charge is 0.164 e. The molecule has 1 fully saturated rings. The summed E-state index contributed by atoms with van der Waals surface area (Å²) in [5, 5.41) is 1.94. The Hall–Kier alpha value is -3.43. The first kappa shape index (κ1) is 18.6. The lowest BCUT2D eigenvalue weighted by Gasteiger charge is -2.31. The van der Waals surface area contributed by atoms with E-state index < -0.39 is 0 Å². The summed E-state index contributed by atoms with van der Waals surface area (Å²) in [6.45, 7) is 5.35. The Balaban J connectivity index is 1.62. The molecule has 6 nitrogen and oxygen atoms in total. The van der Waals surface area contributed by atoms with E-state index in [2.05, 4.69) is 43.7 Å². The molecule has 0 unspecified atom stereocenters. The van der Waals surface area contributed by atoms with Crippen LogP contribution in [-0.4, -0.2) is 50.6 Å². The van der Waals surface area contributed by atoms with Crippen molar-refractivity contribution >= 4 is 21.9 Å². The minimum Gasteiger partial charge on any atom is -0.487 e. The number of ether oxygens (including phenoxy) is 1. The van der Waals surface area contributed by atoms with Crippen LogP contribution in [0.25, 0.3) is 33.1 Å². The number of terminal acetylenes is 1. The average Bonchev–Trinajstić information content (AvgIpc) is 3.18. The molecule has 0 bridgehead atoms. The number of hydrogen-bond acceptors (Lipinski definition) is 5. The van der Waals surface area contributed by atoms with Crippen LogP contribution in [0.3, 0.4) is 0 Å². The second-order valence-corrected chi connectivity index (χ2v) is 7.60. The third-order valence-corrected chi connectivity index (χ3v) is 5.86. The summed E-state index contributed by atoms with van der Waals surface area (Å²) in [4.78, 5) is 19.0. The van der Waals surface area contributed by atoms with E-state index >= 15 is 0 Å². The molecule has 4 aromatic heterocycles. The summed E-state index contributed by atoms with van der Waals surface area (Å²) in [6.07, 6.45) is 15.1. The maximum absolute atomic E-state index is 6.51. The van der Waals surface area contributed by atoms with Gasteiger partial charge in [-0.2, -0.15) is 0 Å². The van der Waals surface area contributed by atoms with Gasteiger partial charge in [-0.1, -0.05) is 6.92 Å². The van der Waals surface area contributed by atoms with E-state index in [4.69, 9.17) is 11.2 Å². The Labute approximate surface area is 175 Å². The van der Waals surface area contributed by atoms with Crippen LogP contribution in [0, 0.1) is 12.3 Å². The van der Waals surface area contributed by atoms with E-state index in [-0.39, 0.29) is 6.10 Å². The van der Waals surface area contributed by atoms with Gasteiger partial charge in [0.25, 0.3) is 0 Å². The maximum Gasteiger partial charge on any atom is 0.164 e. The zero-order chi connectivity index (χ0) is 20.5. The molecule has 0 amide bonds. The van der Waals surface area contributed by atoms with E-state index in [1.54, 1.807) is 18.6 Å². The maximum atomic E-state index is 6.51. The minimum absolute atomic E-state index is 0.133. The highest BCUT2D eigenvalue weighted by atomic mass is 16.5. The molecule has 0 atom stereocenters. The van der Waals surface area contributed by atoms with Crippen LogP contribution in [-0.2, 0) is 0 Å². The summed E-state index contributed by atoms with van der Waals surface area (Å²) < 4.78 is 6.51. The van der Waals surface area contributed by atoms with Crippen LogP contribution in [0.2, 0.25) is 0 Å². The van der Waals surface area contributed by atoms with Crippen molar-refractivity contribution in [3.63, 3.8) is 0 Å². The third-order valence-electron chi connectivity index (χ3n) is 5.86. The molecule has 5 rings (SSSR count). The highest BCUT2D eigenvalue weighted by molar-refractivity contribution is 6.10. The number of hydrogen-bond donors (Lipinski definition) is 1. The summed E-state index contributed by atoms with van der Waals surface area (Å²) in [5.74, 6) is 3.39. The SMILES string of the molecule is C#Cc1ncc2[nH]c3ncc(-c4ccncc4)cc3c2c1OC1CCN(CC)CC1. The monoisotopic (exact) mass is 397 g/mol. The molecule has 6 heteroatoms. The Bertz CT molecular complexity index is 1230. The van der Waals surface area contributed by atoms with Gasteiger partial charge in [0.05, 0.1) is 17.1 Å². The molecule has 5 heterocycles. The number of aromatic nitrogens is 4. The molecule has 1 aliphatic heterocycles. The number of piperidine rings is 1. The number of fused-ring (bicyclic) bond motifs is 3. The van der Waals surface area contributed by atoms with Gasteiger partial charge in [-0.3, -0.25) is 4.98 Å². The molecule has 0 radical (unpaired) electrons. The fraction of sp³-hybridized carbons (Fsp3) is 0.292. The van der Waals surface area contributed by atoms with Crippen LogP contribution >= 0.6 is 0 Å². The van der Waals surface area contributed by atoms with Crippen molar-refractivity contribution < 1.29 is 4.74 Å². The van der Waals surface area contributed by atoms with Crippen molar-refractivity contribution in [2.45, 2.75) is 25.9 Å². The van der Waals surface area contributed by atoms with E-state index in [0.717, 1.165) is 65.5 Å². The summed E-state index contributed by atoms with van der Waals surface area (Å²) >= 11 is 0. The normalized spacial score (nSPS) is 15.5. The molecule has 150 valence electrons. The van der Waals surface area contributed by atoms with Gasteiger partial charge in [0.15, 0.2) is 11.4 Å². The predicted molar refractivity (Wildman–Crippen MR) is 118 cm³/mol. The van der Waals surface area contributed by atoms with E-state index in [1.807, 2.05) is 18.3 Å². The molecule has 0 saturated carbocycles. The van der Waals surface area contributed by atoms with Crippen LogP contribution in [0.1, 0.15) is 25.5 Å². The second-order valence-electron chi connectivity index (χ2n) is 7.60. The number of likely N-dealkylation sites (tertiary alicyclic amines) is 1. The number of pyridine rings is 3. The highest BCUT2D eigenvalue weighted by Gasteiger charge is 2.23. The van der Waals surface area contributed by atoms with Gasteiger partial charge < -0.3 is 14.6 Å². The predicted octanol–water partition coefficient (Wildman–Crippen LogP) is 4.02. The molecule has 4 aromatic rings. The van der Waals surface area contributed by atoms with Crippen LogP contribution in [0.5, 0.6) is 5.75 Å². The molecule has 1 N–H and O–H groups in total. The molecule has 0 spiro atoms. The zero-order valence-electron chi connectivity index (χ0n) is 16.9. The van der Waals surface area contributed by atoms with Crippen molar-refractivity contribution in [1.29, 1.82) is 0 Å². The lowest BCUT2D eigenvalue weighted by atomic mass is 10.1. The third kappa shape index (κ3) is 3.27. The van der Waals surface area contributed by atoms with Gasteiger partial charge in [0, 0.05) is 42.6 Å². The quantitative estimate of drug-likeness (QED) is 0.527. The number of aromatic amines is 1. The lowest BCUT2D eigenvalue weighted by Crippen LogP contribution is -2.38. The minimum atomic E-state index is 0.133. The Morgan fingerprint density at radius 1 is 1.17 bits per heavy atom. The van der Waals surface area contributed by atoms with Gasteiger partial charge in [-0.05, 0) is 49.1 Å². The van der Waals surface area contributed by atoms with Crippen molar-refractivity contribution in [1.82, 2.24) is 24.8 Å². The number of H-pyrrole nitrogens is 1. The molecule has 0 aromatic carbocycles. The zero-order valence-corrected chi connectivity index (χ0v) is 16.9. The van der Waals surface area contributed by atoms with Gasteiger partial charge >= 0.3 is 0 Å². The molecule has 0 aliphatic carbocycles. The van der Waals surface area contributed by atoms with Crippen molar-refractivity contribution in [2.24, 2.45) is 0 Å². The lowest BCUT2D eigenvalue weighted by molar-refractivity contribution is 0.104. The average molecular weight is 397 g/mol. The fourth-order valence-electron chi connectivity index (χ4n) is 4.17. The molecule has 1 saturated heterocycles. The van der Waals surface area contributed by atoms with Gasteiger partial charge in [-0.25, -0.2) is 9.97 Å². The topological polar surface area (TPSA) is 66.9 Å². The summed E-state index contributed by atoms with van der Waals surface area (Å²) in [5.41, 5.74) is 4.30. The highest BCUT2D eigenvalue weighted by Crippen LogP contribution is 2.37. The standard InChI is InChI=1S/C24H23N5O/c1-3-20-23(30-18-7-11-29(4-2)12-8-18)22-19-13-17(16-5-9-25-10-6-16)14-27-24(19)28-21(22)15-26-20/h1,5-6,9-10,13-15,18H,4,7-8,11-12H2,2H3,(H,27,28). The Morgan fingerprint density at radius 3 is 2.70 bits per heavy atom. The Morgan fingerprint density at radius 2 is 1.97 bits per heavy atom. The Kier molecular flexibility index (Phi) is 4.82. The number of nitrogens with one attached hydrogen (secondary N) is 1. The fourth-order valence-corrected chi connectivity index (χ4v) is 4.17. The number of rotatable bonds is 4. The van der Waals surface area contributed by atoms with E-state index in [0.29, 0.717) is 11.4 Å².